The Hall–Kier alpha value is -2.82. The summed E-state index contributed by atoms with van der Waals surface area (Å²) in [6.45, 7) is 5.27. The minimum atomic E-state index is -0.475. The van der Waals surface area contributed by atoms with Crippen molar-refractivity contribution in [1.29, 1.82) is 0 Å². The average Bonchev–Trinajstić information content (AvgIpc) is 2.70. The quantitative estimate of drug-likeness (QED) is 0.788. The lowest BCUT2D eigenvalue weighted by molar-refractivity contribution is -0.140. The molecule has 1 aliphatic rings. The Kier molecular flexibility index (Phi) is 6.12. The summed E-state index contributed by atoms with van der Waals surface area (Å²) in [5.41, 5.74) is 1.90. The molecule has 1 aliphatic heterocycles. The molecule has 1 unspecified atom stereocenters. The highest BCUT2D eigenvalue weighted by Gasteiger charge is 2.35. The van der Waals surface area contributed by atoms with Gasteiger partial charge in [0.25, 0.3) is 0 Å². The van der Waals surface area contributed by atoms with Crippen LogP contribution < -0.4 is 9.64 Å². The molecule has 2 aromatic rings. The van der Waals surface area contributed by atoms with Crippen LogP contribution in [0.5, 0.6) is 5.75 Å². The van der Waals surface area contributed by atoms with Crippen molar-refractivity contribution in [3.63, 3.8) is 0 Å². The maximum absolute atomic E-state index is 12.9. The van der Waals surface area contributed by atoms with Crippen LogP contribution in [-0.4, -0.2) is 42.5 Å². The minimum Gasteiger partial charge on any atom is -0.492 e. The number of para-hydroxylation sites is 2. The van der Waals surface area contributed by atoms with Crippen molar-refractivity contribution in [3.05, 3.63) is 60.2 Å². The third-order valence-corrected chi connectivity index (χ3v) is 4.90. The summed E-state index contributed by atoms with van der Waals surface area (Å²) in [6, 6.07) is 17.0. The molecular weight excluding hydrogens is 340 g/mol. The summed E-state index contributed by atoms with van der Waals surface area (Å²) in [5.74, 6) is 0.656. The zero-order valence-electron chi connectivity index (χ0n) is 15.9. The number of piperazine rings is 1. The molecule has 0 aromatic heterocycles. The molecule has 1 saturated heterocycles. The van der Waals surface area contributed by atoms with Crippen LogP contribution in [0.1, 0.15) is 25.8 Å². The first-order chi connectivity index (χ1) is 13.1. The molecule has 27 heavy (non-hydrogen) atoms. The molecule has 0 aliphatic carbocycles. The van der Waals surface area contributed by atoms with Gasteiger partial charge >= 0.3 is 0 Å². The van der Waals surface area contributed by atoms with Gasteiger partial charge in [0.2, 0.25) is 11.8 Å². The third kappa shape index (κ3) is 4.30. The second-order valence-electron chi connectivity index (χ2n) is 6.64. The zero-order valence-corrected chi connectivity index (χ0v) is 15.9. The molecule has 0 saturated carbocycles. The van der Waals surface area contributed by atoms with Crippen LogP contribution in [0, 0.1) is 0 Å². The van der Waals surface area contributed by atoms with E-state index < -0.39 is 6.04 Å². The Morgan fingerprint density at radius 2 is 1.78 bits per heavy atom. The second-order valence-corrected chi connectivity index (χ2v) is 6.64. The number of amides is 2. The van der Waals surface area contributed by atoms with Crippen molar-refractivity contribution in [2.24, 2.45) is 0 Å². The van der Waals surface area contributed by atoms with Crippen molar-refractivity contribution < 1.29 is 14.3 Å². The maximum Gasteiger partial charge on any atom is 0.249 e. The molecule has 1 atom stereocenters. The number of nitrogens with zero attached hydrogens (tertiary/aromatic N) is 2. The van der Waals surface area contributed by atoms with Gasteiger partial charge in [0.05, 0.1) is 12.3 Å². The fourth-order valence-electron chi connectivity index (χ4n) is 3.45. The zero-order chi connectivity index (χ0) is 19.2. The summed E-state index contributed by atoms with van der Waals surface area (Å²) in [7, 11) is 0. The smallest absolute Gasteiger partial charge is 0.249 e. The van der Waals surface area contributed by atoms with Gasteiger partial charge in [-0.3, -0.25) is 9.59 Å². The Morgan fingerprint density at radius 1 is 1.07 bits per heavy atom. The molecule has 1 fully saturated rings. The van der Waals surface area contributed by atoms with E-state index in [0.717, 1.165) is 11.3 Å². The number of hydrogen-bond acceptors (Lipinski definition) is 3. The highest BCUT2D eigenvalue weighted by Crippen LogP contribution is 2.30. The molecule has 142 valence electrons. The van der Waals surface area contributed by atoms with E-state index in [1.807, 2.05) is 61.5 Å². The van der Waals surface area contributed by atoms with E-state index in [1.165, 1.54) is 0 Å². The van der Waals surface area contributed by atoms with Crippen LogP contribution in [0.4, 0.5) is 5.69 Å². The molecule has 2 aromatic carbocycles. The van der Waals surface area contributed by atoms with Crippen molar-refractivity contribution in [2.45, 2.75) is 32.7 Å². The lowest BCUT2D eigenvalue weighted by atomic mass is 10.1. The lowest BCUT2D eigenvalue weighted by Crippen LogP contribution is -2.57. The average molecular weight is 366 g/mol. The SMILES string of the molecule is CCOc1ccccc1N1CCN(C(=O)CCc2ccccc2)C(C)C1=O. The summed E-state index contributed by atoms with van der Waals surface area (Å²) in [5, 5.41) is 0. The fraction of sp³-hybridized carbons (Fsp3) is 0.364. The molecule has 0 N–H and O–H groups in total. The maximum atomic E-state index is 12.9. The predicted octanol–water partition coefficient (Wildman–Crippen LogP) is 3.28. The summed E-state index contributed by atoms with van der Waals surface area (Å²) < 4.78 is 5.66. The highest BCUT2D eigenvalue weighted by atomic mass is 16.5. The largest absolute Gasteiger partial charge is 0.492 e. The van der Waals surface area contributed by atoms with Crippen molar-refractivity contribution in [3.8, 4) is 5.75 Å². The van der Waals surface area contributed by atoms with E-state index in [1.54, 1.807) is 16.7 Å². The number of aryl methyl sites for hydroxylation is 1. The van der Waals surface area contributed by atoms with Gasteiger partial charge in [-0.25, -0.2) is 0 Å². The van der Waals surface area contributed by atoms with Gasteiger partial charge in [-0.05, 0) is 38.0 Å². The van der Waals surface area contributed by atoms with Gasteiger partial charge < -0.3 is 14.5 Å². The first-order valence-electron chi connectivity index (χ1n) is 9.48. The molecule has 1 heterocycles. The molecule has 0 spiro atoms. The van der Waals surface area contributed by atoms with Gasteiger partial charge in [0.15, 0.2) is 0 Å². The normalized spacial score (nSPS) is 17.1. The Morgan fingerprint density at radius 3 is 2.52 bits per heavy atom. The Bertz CT molecular complexity index is 791. The third-order valence-electron chi connectivity index (χ3n) is 4.90. The van der Waals surface area contributed by atoms with Gasteiger partial charge in [-0.15, -0.1) is 0 Å². The number of carbonyl (C=O) groups excluding carboxylic acids is 2. The van der Waals surface area contributed by atoms with Crippen molar-refractivity contribution in [2.75, 3.05) is 24.6 Å². The summed E-state index contributed by atoms with van der Waals surface area (Å²) >= 11 is 0. The first-order valence-corrected chi connectivity index (χ1v) is 9.48. The van der Waals surface area contributed by atoms with Crippen molar-refractivity contribution in [1.82, 2.24) is 4.90 Å². The Labute approximate surface area is 160 Å². The number of carbonyl (C=O) groups is 2. The van der Waals surface area contributed by atoms with Crippen molar-refractivity contribution >= 4 is 17.5 Å². The predicted molar refractivity (Wildman–Crippen MR) is 106 cm³/mol. The topological polar surface area (TPSA) is 49.9 Å². The number of benzene rings is 2. The van der Waals surface area contributed by atoms with Gasteiger partial charge in [-0.1, -0.05) is 42.5 Å². The second kappa shape index (κ2) is 8.71. The fourth-order valence-corrected chi connectivity index (χ4v) is 3.45. The molecule has 5 nitrogen and oxygen atoms in total. The van der Waals surface area contributed by atoms with Crippen LogP contribution in [0.2, 0.25) is 0 Å². The first kappa shape index (κ1) is 19.0. The van der Waals surface area contributed by atoms with E-state index in [4.69, 9.17) is 4.74 Å². The molecule has 2 amide bonds. The molecule has 0 bridgehead atoms. The number of anilines is 1. The van der Waals surface area contributed by atoms with Gasteiger partial charge in [0, 0.05) is 19.5 Å². The highest BCUT2D eigenvalue weighted by molar-refractivity contribution is 6.01. The van der Waals surface area contributed by atoms with E-state index in [2.05, 4.69) is 0 Å². The summed E-state index contributed by atoms with van der Waals surface area (Å²) in [4.78, 5) is 29.1. The van der Waals surface area contributed by atoms with E-state index in [0.29, 0.717) is 38.3 Å². The minimum absolute atomic E-state index is 0.0254. The number of rotatable bonds is 6. The van der Waals surface area contributed by atoms with Crippen LogP contribution in [0.25, 0.3) is 0 Å². The Balaban J connectivity index is 1.66. The van der Waals surface area contributed by atoms with Crippen LogP contribution in [0.3, 0.4) is 0 Å². The van der Waals surface area contributed by atoms with E-state index in [9.17, 15) is 9.59 Å². The molecule has 3 rings (SSSR count). The van der Waals surface area contributed by atoms with E-state index in [-0.39, 0.29) is 11.8 Å². The van der Waals surface area contributed by atoms with Crippen LogP contribution in [0.15, 0.2) is 54.6 Å². The van der Waals surface area contributed by atoms with E-state index >= 15 is 0 Å². The monoisotopic (exact) mass is 366 g/mol. The lowest BCUT2D eigenvalue weighted by Gasteiger charge is -2.39. The van der Waals surface area contributed by atoms with Gasteiger partial charge in [0.1, 0.15) is 11.8 Å². The van der Waals surface area contributed by atoms with Crippen LogP contribution >= 0.6 is 0 Å². The molecule has 0 radical (unpaired) electrons. The summed E-state index contributed by atoms with van der Waals surface area (Å²) in [6.07, 6.45) is 1.10. The molecular formula is C22H26N2O3. The molecule has 5 heteroatoms. The van der Waals surface area contributed by atoms with Gasteiger partial charge in [-0.2, -0.15) is 0 Å². The number of hydrogen-bond donors (Lipinski definition) is 0. The number of ether oxygens (including phenoxy) is 1. The standard InChI is InChI=1S/C22H26N2O3/c1-3-27-20-12-8-7-11-19(20)24-16-15-23(17(2)22(24)26)21(25)14-13-18-9-5-4-6-10-18/h4-12,17H,3,13-16H2,1-2H3. The van der Waals surface area contributed by atoms with Crippen LogP contribution in [-0.2, 0) is 16.0 Å².